The van der Waals surface area contributed by atoms with Gasteiger partial charge in [-0.1, -0.05) is 0 Å². The van der Waals surface area contributed by atoms with Crippen molar-refractivity contribution in [3.05, 3.63) is 5.82 Å². The van der Waals surface area contributed by atoms with E-state index in [9.17, 15) is 5.11 Å². The van der Waals surface area contributed by atoms with Gasteiger partial charge in [-0.15, -0.1) is 5.10 Å². The van der Waals surface area contributed by atoms with Crippen LogP contribution in [0.1, 0.15) is 24.7 Å². The van der Waals surface area contributed by atoms with Gasteiger partial charge < -0.3 is 9.84 Å². The minimum absolute atomic E-state index is 0.197. The third kappa shape index (κ3) is 3.23. The summed E-state index contributed by atoms with van der Waals surface area (Å²) in [5.41, 5.74) is 0. The fourth-order valence-electron chi connectivity index (χ4n) is 3.21. The molecule has 118 valence electrons. The first-order valence-corrected chi connectivity index (χ1v) is 7.68. The lowest BCUT2D eigenvalue weighted by Gasteiger charge is -2.27. The zero-order chi connectivity index (χ0) is 14.7. The van der Waals surface area contributed by atoms with Gasteiger partial charge in [0.05, 0.1) is 32.4 Å². The lowest BCUT2D eigenvalue weighted by atomic mass is 10.2. The summed E-state index contributed by atoms with van der Waals surface area (Å²) in [5.74, 6) is 0.918. The second-order valence-corrected chi connectivity index (χ2v) is 5.81. The molecule has 21 heavy (non-hydrogen) atoms. The molecule has 2 aliphatic heterocycles. The molecule has 0 aromatic carbocycles. The highest BCUT2D eigenvalue weighted by Gasteiger charge is 2.34. The second-order valence-electron chi connectivity index (χ2n) is 5.81. The maximum absolute atomic E-state index is 9.38. The third-order valence-corrected chi connectivity index (χ3v) is 4.64. The van der Waals surface area contributed by atoms with Crippen molar-refractivity contribution in [3.8, 4) is 0 Å². The van der Waals surface area contributed by atoms with Crippen LogP contribution in [0, 0.1) is 0 Å². The van der Waals surface area contributed by atoms with Crippen LogP contribution in [-0.2, 0) is 11.3 Å². The molecule has 1 aromatic heterocycles. The Bertz CT molecular complexity index is 448. The van der Waals surface area contributed by atoms with Gasteiger partial charge in [-0.25, -0.2) is 4.68 Å². The Morgan fingerprint density at radius 1 is 1.24 bits per heavy atom. The lowest BCUT2D eigenvalue weighted by molar-refractivity contribution is 0.0356. The molecule has 8 heteroatoms. The van der Waals surface area contributed by atoms with Gasteiger partial charge in [0.2, 0.25) is 0 Å². The van der Waals surface area contributed by atoms with Crippen molar-refractivity contribution in [3.63, 3.8) is 0 Å². The summed E-state index contributed by atoms with van der Waals surface area (Å²) in [5, 5.41) is 21.6. The molecule has 0 aliphatic carbocycles. The highest BCUT2D eigenvalue weighted by molar-refractivity contribution is 4.99. The van der Waals surface area contributed by atoms with Crippen LogP contribution in [0.2, 0.25) is 0 Å². The molecule has 3 heterocycles. The number of aliphatic hydroxyl groups excluding tert-OH is 1. The van der Waals surface area contributed by atoms with Crippen LogP contribution in [0.25, 0.3) is 0 Å². The zero-order valence-corrected chi connectivity index (χ0v) is 12.6. The molecule has 0 saturated carbocycles. The normalized spacial score (nSPS) is 28.3. The van der Waals surface area contributed by atoms with Gasteiger partial charge in [0.1, 0.15) is 0 Å². The summed E-state index contributed by atoms with van der Waals surface area (Å²) in [6.45, 7) is 5.53. The molecule has 8 nitrogen and oxygen atoms in total. The summed E-state index contributed by atoms with van der Waals surface area (Å²) in [4.78, 5) is 4.57. The fourth-order valence-corrected chi connectivity index (χ4v) is 3.21. The number of morpholine rings is 1. The molecule has 0 amide bonds. The second kappa shape index (κ2) is 6.78. The lowest BCUT2D eigenvalue weighted by Crippen LogP contribution is -2.38. The van der Waals surface area contributed by atoms with E-state index in [0.29, 0.717) is 0 Å². The van der Waals surface area contributed by atoms with Gasteiger partial charge in [-0.2, -0.15) is 0 Å². The van der Waals surface area contributed by atoms with E-state index >= 15 is 0 Å². The Morgan fingerprint density at radius 3 is 2.76 bits per heavy atom. The Kier molecular flexibility index (Phi) is 4.79. The first-order valence-electron chi connectivity index (χ1n) is 7.68. The number of likely N-dealkylation sites (tertiary alicyclic amines) is 1. The van der Waals surface area contributed by atoms with E-state index in [1.165, 1.54) is 0 Å². The predicted octanol–water partition coefficient (Wildman–Crippen LogP) is -0.867. The van der Waals surface area contributed by atoms with Crippen molar-refractivity contribution in [1.82, 2.24) is 30.0 Å². The molecule has 3 rings (SSSR count). The van der Waals surface area contributed by atoms with Gasteiger partial charge in [-0.3, -0.25) is 9.80 Å². The number of rotatable bonds is 5. The van der Waals surface area contributed by atoms with E-state index < -0.39 is 0 Å². The van der Waals surface area contributed by atoms with Gasteiger partial charge in [-0.05, 0) is 30.3 Å². The van der Waals surface area contributed by atoms with E-state index in [2.05, 4.69) is 25.3 Å². The Hall–Kier alpha value is -1.09. The van der Waals surface area contributed by atoms with Crippen LogP contribution in [0.5, 0.6) is 0 Å². The number of nitrogens with zero attached hydrogens (tertiary/aromatic N) is 6. The fraction of sp³-hybridized carbons (Fsp3) is 0.923. The van der Waals surface area contributed by atoms with Crippen LogP contribution in [0.3, 0.4) is 0 Å². The van der Waals surface area contributed by atoms with Crippen LogP contribution in [0.4, 0.5) is 0 Å². The summed E-state index contributed by atoms with van der Waals surface area (Å²) >= 11 is 0. The number of hydrogen-bond acceptors (Lipinski definition) is 7. The minimum Gasteiger partial charge on any atom is -0.395 e. The molecule has 1 N–H and O–H groups in total. The summed E-state index contributed by atoms with van der Waals surface area (Å²) in [7, 11) is 2.04. The van der Waals surface area contributed by atoms with Gasteiger partial charge in [0.15, 0.2) is 5.82 Å². The molecule has 0 radical (unpaired) electrons. The highest BCUT2D eigenvalue weighted by Crippen LogP contribution is 2.32. The molecule has 2 fully saturated rings. The van der Waals surface area contributed by atoms with Crippen LogP contribution in [-0.4, -0.2) is 87.7 Å². The number of likely N-dealkylation sites (N-methyl/N-ethyl adjacent to an activating group) is 1. The first-order chi connectivity index (χ1) is 10.3. The van der Waals surface area contributed by atoms with Crippen molar-refractivity contribution < 1.29 is 9.84 Å². The van der Waals surface area contributed by atoms with Crippen molar-refractivity contribution in [2.45, 2.75) is 31.5 Å². The average molecular weight is 296 g/mol. The van der Waals surface area contributed by atoms with Crippen LogP contribution in [0.15, 0.2) is 0 Å². The van der Waals surface area contributed by atoms with Gasteiger partial charge in [0.25, 0.3) is 0 Å². The van der Waals surface area contributed by atoms with Crippen molar-refractivity contribution >= 4 is 0 Å². The smallest absolute Gasteiger partial charge is 0.168 e. The van der Waals surface area contributed by atoms with Crippen molar-refractivity contribution in [2.75, 3.05) is 46.5 Å². The van der Waals surface area contributed by atoms with Gasteiger partial charge in [0, 0.05) is 25.7 Å². The molecular weight excluding hydrogens is 272 g/mol. The van der Waals surface area contributed by atoms with E-state index in [4.69, 9.17) is 4.74 Å². The minimum atomic E-state index is 0.197. The van der Waals surface area contributed by atoms with Crippen molar-refractivity contribution in [2.24, 2.45) is 0 Å². The Labute approximate surface area is 124 Å². The van der Waals surface area contributed by atoms with Crippen LogP contribution >= 0.6 is 0 Å². The molecule has 0 spiro atoms. The maximum atomic E-state index is 9.38. The molecule has 0 unspecified atom stereocenters. The SMILES string of the molecule is CN1[C@H](CO)CC[C@@H]1c1nnnn1CCN1CCOCC1. The monoisotopic (exact) mass is 296 g/mol. The molecule has 0 bridgehead atoms. The maximum Gasteiger partial charge on any atom is 0.168 e. The standard InChI is InChI=1S/C13H24N6O2/c1-17-11(10-20)2-3-12(17)13-14-15-16-19(13)5-4-18-6-8-21-9-7-18/h11-12,20H,2-10H2,1H3/t11-,12+/m0/s1. The van der Waals surface area contributed by atoms with Crippen LogP contribution < -0.4 is 0 Å². The molecular formula is C13H24N6O2. The quantitative estimate of drug-likeness (QED) is 0.757. The van der Waals surface area contributed by atoms with Crippen molar-refractivity contribution in [1.29, 1.82) is 0 Å². The average Bonchev–Trinajstić information content (AvgIpc) is 3.12. The van der Waals surface area contributed by atoms with E-state index in [1.54, 1.807) is 0 Å². The predicted molar refractivity (Wildman–Crippen MR) is 75.7 cm³/mol. The van der Waals surface area contributed by atoms with E-state index in [-0.39, 0.29) is 18.7 Å². The van der Waals surface area contributed by atoms with E-state index in [1.807, 2.05) is 11.7 Å². The number of ether oxygens (including phenoxy) is 1. The molecule has 1 aromatic rings. The Morgan fingerprint density at radius 2 is 2.05 bits per heavy atom. The molecule has 2 saturated heterocycles. The number of aliphatic hydroxyl groups is 1. The summed E-state index contributed by atoms with van der Waals surface area (Å²) in [6.07, 6.45) is 1.99. The first kappa shape index (κ1) is 14.8. The Balaban J connectivity index is 1.61. The highest BCUT2D eigenvalue weighted by atomic mass is 16.5. The van der Waals surface area contributed by atoms with Gasteiger partial charge >= 0.3 is 0 Å². The zero-order valence-electron chi connectivity index (χ0n) is 12.6. The topological polar surface area (TPSA) is 79.5 Å². The largest absolute Gasteiger partial charge is 0.395 e. The molecule has 2 aliphatic rings. The summed E-state index contributed by atoms with van der Waals surface area (Å²) in [6, 6.07) is 0.432. The third-order valence-electron chi connectivity index (χ3n) is 4.64. The summed E-state index contributed by atoms with van der Waals surface area (Å²) < 4.78 is 7.27. The van der Waals surface area contributed by atoms with E-state index in [0.717, 1.165) is 58.1 Å². The number of aromatic nitrogens is 4. The number of hydrogen-bond donors (Lipinski definition) is 1. The molecule has 2 atom stereocenters. The number of tetrazole rings is 1.